The van der Waals surface area contributed by atoms with Gasteiger partial charge in [0.05, 0.1) is 5.41 Å². The first-order valence-corrected chi connectivity index (χ1v) is 10.4. The van der Waals surface area contributed by atoms with Crippen molar-refractivity contribution in [3.8, 4) is 0 Å². The zero-order valence-electron chi connectivity index (χ0n) is 16.9. The molecule has 0 unspecified atom stereocenters. The van der Waals surface area contributed by atoms with E-state index in [1.165, 1.54) is 44.4 Å². The molecule has 29 heavy (non-hydrogen) atoms. The maximum Gasteiger partial charge on any atom is 0.155 e. The maximum absolute atomic E-state index is 3.44. The molecule has 0 N–H and O–H groups in total. The highest BCUT2D eigenvalue weighted by Crippen LogP contribution is 2.56. The predicted octanol–water partition coefficient (Wildman–Crippen LogP) is 6.19. The third kappa shape index (κ3) is 2.55. The predicted molar refractivity (Wildman–Crippen MR) is 125 cm³/mol. The second kappa shape index (κ2) is 6.96. The molecular weight excluding hydrogens is 347 g/mol. The van der Waals surface area contributed by atoms with E-state index in [1.807, 2.05) is 0 Å². The Hall–Kier alpha value is -3.28. The molecule has 0 bridgehead atoms. The molecule has 0 amide bonds. The van der Waals surface area contributed by atoms with Crippen molar-refractivity contribution in [2.45, 2.75) is 19.2 Å². The quantitative estimate of drug-likeness (QED) is 0.381. The molecule has 3 aromatic rings. The van der Waals surface area contributed by atoms with Crippen molar-refractivity contribution in [2.75, 3.05) is 0 Å². The second-order valence-corrected chi connectivity index (χ2v) is 7.84. The number of benzene rings is 3. The minimum atomic E-state index is -0.324. The Morgan fingerprint density at radius 3 is 2.03 bits per heavy atom. The highest BCUT2D eigenvalue weighted by Gasteiger charge is 2.47. The molecule has 0 spiro atoms. The highest BCUT2D eigenvalue weighted by molar-refractivity contribution is 6.45. The Labute approximate surface area is 173 Å². The average Bonchev–Trinajstić information content (AvgIpc) is 2.90. The number of rotatable bonds is 3. The van der Waals surface area contributed by atoms with Crippen LogP contribution in [0.25, 0.3) is 5.57 Å². The van der Waals surface area contributed by atoms with Crippen LogP contribution in [-0.2, 0) is 5.41 Å². The van der Waals surface area contributed by atoms with E-state index in [4.69, 9.17) is 0 Å². The first kappa shape index (κ1) is 17.8. The summed E-state index contributed by atoms with van der Waals surface area (Å²) in [5, 5.41) is 0. The lowest BCUT2D eigenvalue weighted by atomic mass is 9.63. The first-order chi connectivity index (χ1) is 14.3. The zero-order valence-corrected chi connectivity index (χ0v) is 16.9. The van der Waals surface area contributed by atoms with E-state index >= 15 is 0 Å². The van der Waals surface area contributed by atoms with Gasteiger partial charge in [-0.15, -0.1) is 5.73 Å². The molecule has 0 heterocycles. The molecule has 2 aliphatic rings. The van der Waals surface area contributed by atoms with Gasteiger partial charge in [0, 0.05) is 0 Å². The highest BCUT2D eigenvalue weighted by atomic mass is 14.5. The molecule has 1 heteroatoms. The normalized spacial score (nSPS) is 16.1. The van der Waals surface area contributed by atoms with Crippen LogP contribution in [0.1, 0.15) is 27.8 Å². The van der Waals surface area contributed by atoms with Crippen molar-refractivity contribution < 1.29 is 0 Å². The van der Waals surface area contributed by atoms with Gasteiger partial charge >= 0.3 is 0 Å². The molecule has 0 aliphatic heterocycles. The summed E-state index contributed by atoms with van der Waals surface area (Å²) in [6.45, 7) is 4.46. The van der Waals surface area contributed by atoms with Crippen molar-refractivity contribution in [3.63, 3.8) is 0 Å². The Balaban J connectivity index is 1.99. The second-order valence-electron chi connectivity index (χ2n) is 7.84. The van der Waals surface area contributed by atoms with Crippen LogP contribution in [0.5, 0.6) is 0 Å². The first-order valence-electron chi connectivity index (χ1n) is 10.4. The number of hydrogen-bond acceptors (Lipinski definition) is 0. The minimum Gasteiger partial charge on any atom is -0.121 e. The molecule has 0 saturated heterocycles. The summed E-state index contributed by atoms with van der Waals surface area (Å²) in [7, 11) is 0.993. The fourth-order valence-corrected chi connectivity index (χ4v) is 5.02. The summed E-state index contributed by atoms with van der Waals surface area (Å²) in [4.78, 5) is 0. The van der Waals surface area contributed by atoms with Gasteiger partial charge in [-0.1, -0.05) is 97.2 Å². The Morgan fingerprint density at radius 1 is 0.759 bits per heavy atom. The Morgan fingerprint density at radius 2 is 1.41 bits per heavy atom. The van der Waals surface area contributed by atoms with Crippen LogP contribution >= 0.6 is 0 Å². The molecule has 0 fully saturated rings. The molecule has 0 radical (unpaired) electrons. The molecule has 0 nitrogen and oxygen atoms in total. The van der Waals surface area contributed by atoms with Crippen LogP contribution in [0.3, 0.4) is 0 Å². The van der Waals surface area contributed by atoms with Crippen LogP contribution < -0.4 is 0 Å². The van der Waals surface area contributed by atoms with Gasteiger partial charge in [0.25, 0.3) is 0 Å². The molecule has 0 aromatic heterocycles. The number of allylic oxidation sites excluding steroid dienone is 5. The summed E-state index contributed by atoms with van der Waals surface area (Å²) in [5.41, 5.74) is 13.8. The van der Waals surface area contributed by atoms with E-state index in [2.05, 4.69) is 117 Å². The van der Waals surface area contributed by atoms with Gasteiger partial charge in [0.2, 0.25) is 0 Å². The Kier molecular flexibility index (Phi) is 4.27. The van der Waals surface area contributed by atoms with E-state index in [-0.39, 0.29) is 5.41 Å². The molecule has 138 valence electrons. The van der Waals surface area contributed by atoms with Crippen LogP contribution in [0.4, 0.5) is 0 Å². The number of hydrogen-bond donors (Lipinski definition) is 0. The minimum absolute atomic E-state index is 0.324. The Bertz CT molecular complexity index is 1160. The maximum atomic E-state index is 3.44. The average molecular weight is 370 g/mol. The topological polar surface area (TPSA) is 0 Å². The lowest BCUT2D eigenvalue weighted by Gasteiger charge is -2.36. The summed E-state index contributed by atoms with van der Waals surface area (Å²) in [6, 6.07) is 28.7. The SMILES string of the molecule is CBC1=CC2=C(C=C=C1)c1cccc(C)c1C2(c1ccccc1)c1ccccc1. The fourth-order valence-electron chi connectivity index (χ4n) is 5.02. The smallest absolute Gasteiger partial charge is 0.121 e. The molecule has 2 aliphatic carbocycles. The van der Waals surface area contributed by atoms with E-state index in [0.717, 1.165) is 7.28 Å². The van der Waals surface area contributed by atoms with E-state index in [9.17, 15) is 0 Å². The largest absolute Gasteiger partial charge is 0.155 e. The van der Waals surface area contributed by atoms with Gasteiger partial charge < -0.3 is 0 Å². The van der Waals surface area contributed by atoms with E-state index in [0.29, 0.717) is 0 Å². The van der Waals surface area contributed by atoms with Gasteiger partial charge in [-0.05, 0) is 58.0 Å². The summed E-state index contributed by atoms with van der Waals surface area (Å²) in [5.74, 6) is 0. The molecule has 0 saturated carbocycles. The molecule has 3 aromatic carbocycles. The van der Waals surface area contributed by atoms with Gasteiger partial charge in [0.15, 0.2) is 7.28 Å². The van der Waals surface area contributed by atoms with Gasteiger partial charge in [-0.25, -0.2) is 0 Å². The van der Waals surface area contributed by atoms with Crippen LogP contribution in [-0.4, -0.2) is 7.28 Å². The number of aryl methyl sites for hydroxylation is 1. The van der Waals surface area contributed by atoms with E-state index < -0.39 is 0 Å². The van der Waals surface area contributed by atoms with Crippen LogP contribution in [0.2, 0.25) is 6.82 Å². The van der Waals surface area contributed by atoms with E-state index in [1.54, 1.807) is 0 Å². The van der Waals surface area contributed by atoms with Crippen molar-refractivity contribution >= 4 is 12.9 Å². The molecular formula is C28H23B. The van der Waals surface area contributed by atoms with Crippen molar-refractivity contribution in [2.24, 2.45) is 0 Å². The fraction of sp³-hybridized carbons (Fsp3) is 0.107. The summed E-state index contributed by atoms with van der Waals surface area (Å²) in [6.07, 6.45) is 6.72. The van der Waals surface area contributed by atoms with Crippen molar-refractivity contribution in [1.82, 2.24) is 0 Å². The third-order valence-corrected chi connectivity index (χ3v) is 6.28. The monoisotopic (exact) mass is 370 g/mol. The van der Waals surface area contributed by atoms with Crippen molar-refractivity contribution in [1.29, 1.82) is 0 Å². The van der Waals surface area contributed by atoms with Gasteiger partial charge in [-0.2, -0.15) is 0 Å². The standard InChI is InChI=1S/C28H23B/c1-20-11-9-18-25-24-17-10-16-23(29-2)19-26(24)28(27(20)25,21-12-5-3-6-13-21)22-14-7-4-8-15-22/h3-9,11-19,29H,1-2H3. The summed E-state index contributed by atoms with van der Waals surface area (Å²) >= 11 is 0. The zero-order chi connectivity index (χ0) is 19.8. The molecule has 0 atom stereocenters. The third-order valence-electron chi connectivity index (χ3n) is 6.28. The summed E-state index contributed by atoms with van der Waals surface area (Å²) < 4.78 is 0. The van der Waals surface area contributed by atoms with Crippen LogP contribution in [0.15, 0.2) is 114 Å². The van der Waals surface area contributed by atoms with Gasteiger partial charge in [0.1, 0.15) is 0 Å². The van der Waals surface area contributed by atoms with Crippen molar-refractivity contribution in [3.05, 3.63) is 142 Å². The molecule has 5 rings (SSSR count). The van der Waals surface area contributed by atoms with Crippen LogP contribution in [0, 0.1) is 6.92 Å². The lowest BCUT2D eigenvalue weighted by molar-refractivity contribution is 0.754. The number of fused-ring (bicyclic) bond motifs is 2. The lowest BCUT2D eigenvalue weighted by Crippen LogP contribution is -2.30. The van der Waals surface area contributed by atoms with Gasteiger partial charge in [-0.3, -0.25) is 0 Å².